The first kappa shape index (κ1) is 56.1. The number of phenolic OH excluding ortho intramolecular Hbond substituents is 1. The van der Waals surface area contributed by atoms with Crippen molar-refractivity contribution in [1.29, 1.82) is 10.5 Å². The molecule has 0 saturated carbocycles. The maximum Gasteiger partial charge on any atom is 0.247 e. The number of amides is 1. The first-order valence-electron chi connectivity index (χ1n) is 27.0. The zero-order chi connectivity index (χ0) is 56.3. The average molecular weight is 1040 g/mol. The van der Waals surface area contributed by atoms with E-state index < -0.39 is 0 Å². The molecule has 0 unspecified atom stereocenters. The highest BCUT2D eigenvalue weighted by Gasteiger charge is 2.29. The molecule has 0 aromatic heterocycles. The summed E-state index contributed by atoms with van der Waals surface area (Å²) in [7, 11) is 0. The van der Waals surface area contributed by atoms with Gasteiger partial charge in [-0.1, -0.05) is 187 Å². The van der Waals surface area contributed by atoms with Gasteiger partial charge in [-0.15, -0.1) is 0 Å². The second-order valence-electron chi connectivity index (χ2n) is 25.0. The Kier molecular flexibility index (Phi) is 16.2. The van der Waals surface area contributed by atoms with Crippen molar-refractivity contribution >= 4 is 11.6 Å². The van der Waals surface area contributed by atoms with E-state index in [9.17, 15) is 20.4 Å². The number of rotatable bonds is 11. The van der Waals surface area contributed by atoms with Gasteiger partial charge in [0.2, 0.25) is 5.91 Å². The van der Waals surface area contributed by atoms with Gasteiger partial charge in [0, 0.05) is 42.5 Å². The largest absolute Gasteiger partial charge is 0.507 e. The Hall–Kier alpha value is -8.07. The third-order valence-electron chi connectivity index (χ3n) is 14.8. The number of carbonyl (C=O) groups excluding carboxylic acids is 1. The predicted octanol–water partition coefficient (Wildman–Crippen LogP) is 15.9. The van der Waals surface area contributed by atoms with Crippen LogP contribution in [0.25, 0.3) is 0 Å². The van der Waals surface area contributed by atoms with Gasteiger partial charge in [0.25, 0.3) is 0 Å². The van der Waals surface area contributed by atoms with Crippen LogP contribution < -0.4 is 19.5 Å². The number of nitrogens with zero attached hydrogens (tertiary/aromatic N) is 2. The van der Waals surface area contributed by atoms with E-state index in [1.54, 1.807) is 0 Å². The molecule has 1 amide bonds. The van der Waals surface area contributed by atoms with Crippen molar-refractivity contribution in [2.75, 3.05) is 5.32 Å². The first-order valence-corrected chi connectivity index (χ1v) is 27.0. The molecule has 0 spiro atoms. The first-order chi connectivity index (χ1) is 36.8. The fraction of sp³-hybridized carbons (Fsp3) is 0.329. The number of ether oxygens (including phenoxy) is 3. The second kappa shape index (κ2) is 22.5. The molecule has 0 radical (unpaired) electrons. The van der Waals surface area contributed by atoms with E-state index in [0.29, 0.717) is 54.0 Å². The van der Waals surface area contributed by atoms with E-state index in [0.717, 1.165) is 89.2 Å². The Morgan fingerprint density at radius 1 is 0.500 bits per heavy atom. The van der Waals surface area contributed by atoms with E-state index in [1.165, 1.54) is 6.08 Å². The van der Waals surface area contributed by atoms with Crippen LogP contribution in [0.2, 0.25) is 0 Å². The Labute approximate surface area is 463 Å². The minimum atomic E-state index is -0.287. The molecule has 1 aliphatic carbocycles. The smallest absolute Gasteiger partial charge is 0.247 e. The second-order valence-corrected chi connectivity index (χ2v) is 25.0. The lowest BCUT2D eigenvalue weighted by atomic mass is 9.79. The molecule has 1 aliphatic rings. The van der Waals surface area contributed by atoms with Crippen molar-refractivity contribution in [2.45, 2.75) is 150 Å². The molecule has 0 aliphatic heterocycles. The Bertz CT molecular complexity index is 3310. The number of benzene rings is 7. The fourth-order valence-electron chi connectivity index (χ4n) is 10.0. The zero-order valence-corrected chi connectivity index (χ0v) is 47.8. The molecule has 0 atom stereocenters. The van der Waals surface area contributed by atoms with Crippen molar-refractivity contribution < 1.29 is 24.1 Å². The van der Waals surface area contributed by atoms with Gasteiger partial charge in [-0.2, -0.15) is 10.5 Å². The highest BCUT2D eigenvalue weighted by molar-refractivity contribution is 5.98. The number of nitrogens with one attached hydrogen (secondary N) is 1. The Morgan fingerprint density at radius 2 is 0.808 bits per heavy atom. The highest BCUT2D eigenvalue weighted by atomic mass is 16.5. The average Bonchev–Trinajstić information content (AvgIpc) is 3.44. The summed E-state index contributed by atoms with van der Waals surface area (Å²) in [6.45, 7) is 30.8. The Morgan fingerprint density at radius 3 is 1.13 bits per heavy atom. The molecule has 7 aromatic carbocycles. The molecule has 0 saturated heterocycles. The van der Waals surface area contributed by atoms with E-state index in [1.807, 2.05) is 72.8 Å². The number of anilines is 1. The topological polar surface area (TPSA) is 125 Å². The number of hydrogen-bond acceptors (Lipinski definition) is 7. The summed E-state index contributed by atoms with van der Waals surface area (Å²) in [5.41, 5.74) is 14.8. The molecule has 0 fully saturated rings. The quantitative estimate of drug-likeness (QED) is 0.124. The van der Waals surface area contributed by atoms with E-state index in [-0.39, 0.29) is 53.1 Å². The van der Waals surface area contributed by atoms with Gasteiger partial charge in [-0.05, 0) is 124 Å². The van der Waals surface area contributed by atoms with Crippen LogP contribution in [0.15, 0.2) is 134 Å². The number of carbonyl (C=O) groups is 1. The molecular formula is C70H75N3O5. The van der Waals surface area contributed by atoms with E-state index >= 15 is 0 Å². The van der Waals surface area contributed by atoms with Gasteiger partial charge < -0.3 is 24.6 Å². The summed E-state index contributed by atoms with van der Waals surface area (Å²) < 4.78 is 21.5. The molecule has 400 valence electrons. The molecule has 8 nitrogen and oxygen atoms in total. The third-order valence-corrected chi connectivity index (χ3v) is 14.8. The zero-order valence-electron chi connectivity index (χ0n) is 47.8. The SMILES string of the molecule is C=CC(=O)Nc1ccc(COc2c3cc(C(C)(C)C)cc2Cc2cc(C(C)(C)C)cc(c2OCc2ccccc2C#N)Cc2cc(C(C)(C)C)cc(c2O)Cc2cc(C(C)(C)C)cc(c2OCc2ccccc2C#N)C3)cc1. The predicted molar refractivity (Wildman–Crippen MR) is 314 cm³/mol. The van der Waals surface area contributed by atoms with Crippen LogP contribution in [0, 0.1) is 22.7 Å². The number of aromatic hydroxyl groups is 1. The molecule has 8 bridgehead atoms. The van der Waals surface area contributed by atoms with Gasteiger partial charge in [0.05, 0.1) is 23.3 Å². The van der Waals surface area contributed by atoms with Crippen LogP contribution in [-0.4, -0.2) is 11.0 Å². The normalized spacial score (nSPS) is 12.7. The lowest BCUT2D eigenvalue weighted by Gasteiger charge is -2.29. The molecule has 7 aromatic rings. The molecule has 78 heavy (non-hydrogen) atoms. The summed E-state index contributed by atoms with van der Waals surface area (Å²) in [5.74, 6) is 2.07. The van der Waals surface area contributed by atoms with Gasteiger partial charge in [-0.3, -0.25) is 4.79 Å². The van der Waals surface area contributed by atoms with Gasteiger partial charge in [0.1, 0.15) is 42.8 Å². The van der Waals surface area contributed by atoms with Gasteiger partial charge >= 0.3 is 0 Å². The lowest BCUT2D eigenvalue weighted by Crippen LogP contribution is -2.17. The minimum absolute atomic E-state index is 0.157. The van der Waals surface area contributed by atoms with Crippen LogP contribution in [0.3, 0.4) is 0 Å². The van der Waals surface area contributed by atoms with E-state index in [4.69, 9.17) is 14.2 Å². The number of hydrogen-bond donors (Lipinski definition) is 2. The minimum Gasteiger partial charge on any atom is -0.507 e. The van der Waals surface area contributed by atoms with Gasteiger partial charge in [-0.25, -0.2) is 0 Å². The van der Waals surface area contributed by atoms with Crippen LogP contribution in [-0.2, 0) is 72.0 Å². The van der Waals surface area contributed by atoms with Crippen molar-refractivity contribution in [3.63, 3.8) is 0 Å². The maximum absolute atomic E-state index is 12.9. The Balaban J connectivity index is 1.45. The maximum atomic E-state index is 12.9. The van der Waals surface area contributed by atoms with Crippen molar-refractivity contribution in [3.8, 4) is 35.1 Å². The van der Waals surface area contributed by atoms with Crippen LogP contribution in [0.1, 0.15) is 178 Å². The summed E-state index contributed by atoms with van der Waals surface area (Å²) >= 11 is 0. The number of fused-ring (bicyclic) bond motifs is 8. The monoisotopic (exact) mass is 1040 g/mol. The molecule has 8 heteroatoms. The van der Waals surface area contributed by atoms with Crippen LogP contribution >= 0.6 is 0 Å². The summed E-state index contributed by atoms with van der Waals surface area (Å²) in [5, 5.41) is 36.2. The van der Waals surface area contributed by atoms with Crippen molar-refractivity contribution in [3.05, 3.63) is 229 Å². The van der Waals surface area contributed by atoms with Crippen LogP contribution in [0.4, 0.5) is 5.69 Å². The summed E-state index contributed by atoms with van der Waals surface area (Å²) in [6.07, 6.45) is 2.81. The standard InChI is InChI=1S/C70H75N3O5/c1-14-62(74)73-61-25-23-44(24-26-61)41-76-64-53-29-55-37-58(68(5,6)7)33-51(65(55)77-42-47-21-17-15-19-45(47)39-71)27-49-31-57(67(2,3)4)32-50(63(49)75)28-52-34-59(69(8,9)10)38-56(30-54(64)36-60(35-53)70(11,12)13)66(52)78-43-48-22-18-16-20-46(48)40-72/h14-26,31-38,75H,1,27-30,41-43H2,2-13H3,(H,73,74). The number of nitriles is 2. The van der Waals surface area contributed by atoms with Crippen molar-refractivity contribution in [1.82, 2.24) is 0 Å². The molecule has 8 rings (SSSR count). The van der Waals surface area contributed by atoms with Crippen molar-refractivity contribution in [2.24, 2.45) is 0 Å². The molecule has 2 N–H and O–H groups in total. The van der Waals surface area contributed by atoms with Gasteiger partial charge in [0.15, 0.2) is 0 Å². The number of phenols is 1. The summed E-state index contributed by atoms with van der Waals surface area (Å²) in [6, 6.07) is 45.4. The fourth-order valence-corrected chi connectivity index (χ4v) is 10.0. The van der Waals surface area contributed by atoms with Crippen LogP contribution in [0.5, 0.6) is 23.0 Å². The molecular weight excluding hydrogens is 963 g/mol. The summed E-state index contributed by atoms with van der Waals surface area (Å²) in [4.78, 5) is 12.2. The highest BCUT2D eigenvalue weighted by Crippen LogP contribution is 2.45. The third kappa shape index (κ3) is 13.0. The lowest BCUT2D eigenvalue weighted by molar-refractivity contribution is -0.111. The van der Waals surface area contributed by atoms with E-state index in [2.05, 4.69) is 156 Å². The molecule has 0 heterocycles.